The predicted octanol–water partition coefficient (Wildman–Crippen LogP) is 4.74. The first-order valence-electron chi connectivity index (χ1n) is 11.1. The summed E-state index contributed by atoms with van der Waals surface area (Å²) in [5, 5.41) is 2.96. The van der Waals surface area contributed by atoms with Crippen LogP contribution in [0.1, 0.15) is 5.56 Å². The van der Waals surface area contributed by atoms with Crippen LogP contribution in [0.3, 0.4) is 0 Å². The molecule has 1 saturated heterocycles. The van der Waals surface area contributed by atoms with Crippen LogP contribution in [0.5, 0.6) is 23.0 Å². The Labute approximate surface area is 198 Å². The molecule has 1 N–H and O–H groups in total. The summed E-state index contributed by atoms with van der Waals surface area (Å²) in [6.45, 7) is 2.45. The molecule has 1 fully saturated rings. The molecule has 0 atom stereocenters. The predicted molar refractivity (Wildman–Crippen MR) is 131 cm³/mol. The number of benzene rings is 3. The van der Waals surface area contributed by atoms with E-state index >= 15 is 0 Å². The summed E-state index contributed by atoms with van der Waals surface area (Å²) in [7, 11) is 3.24. The second-order valence-electron chi connectivity index (χ2n) is 8.00. The van der Waals surface area contributed by atoms with Crippen molar-refractivity contribution in [3.63, 3.8) is 0 Å². The van der Waals surface area contributed by atoms with Crippen LogP contribution >= 0.6 is 0 Å². The van der Waals surface area contributed by atoms with Crippen LogP contribution in [-0.2, 0) is 0 Å². The van der Waals surface area contributed by atoms with Gasteiger partial charge in [0.15, 0.2) is 5.75 Å². The second-order valence-corrected chi connectivity index (χ2v) is 8.00. The summed E-state index contributed by atoms with van der Waals surface area (Å²) in [6.07, 6.45) is 0. The highest BCUT2D eigenvalue weighted by molar-refractivity contribution is 6.04. The first kappa shape index (κ1) is 21.6. The molecule has 0 spiro atoms. The molecule has 34 heavy (non-hydrogen) atoms. The number of anilines is 1. The zero-order chi connectivity index (χ0) is 23.5. The first-order valence-corrected chi connectivity index (χ1v) is 11.1. The van der Waals surface area contributed by atoms with Crippen molar-refractivity contribution in [2.45, 2.75) is 0 Å². The molecule has 3 aromatic rings. The molecule has 3 aromatic carbocycles. The van der Waals surface area contributed by atoms with Crippen molar-refractivity contribution in [3.05, 3.63) is 72.3 Å². The van der Waals surface area contributed by atoms with E-state index in [9.17, 15) is 4.79 Å². The number of ether oxygens (including phenoxy) is 3. The number of methoxy groups -OCH3 is 2. The molecule has 8 heteroatoms. The molecular weight excluding hydrogens is 432 g/mol. The van der Waals surface area contributed by atoms with Crippen LogP contribution in [0.15, 0.2) is 71.7 Å². The summed E-state index contributed by atoms with van der Waals surface area (Å²) >= 11 is 0. The van der Waals surface area contributed by atoms with E-state index in [1.54, 1.807) is 20.3 Å². The van der Waals surface area contributed by atoms with E-state index in [1.165, 1.54) is 0 Å². The third kappa shape index (κ3) is 4.34. The lowest BCUT2D eigenvalue weighted by atomic mass is 10.1. The first-order chi connectivity index (χ1) is 16.6. The molecule has 0 aliphatic carbocycles. The summed E-state index contributed by atoms with van der Waals surface area (Å²) < 4.78 is 16.8. The third-order valence-electron chi connectivity index (χ3n) is 5.93. The van der Waals surface area contributed by atoms with E-state index in [0.717, 1.165) is 22.8 Å². The number of amides is 2. The number of carbonyl (C=O) groups excluding carboxylic acids is 1. The van der Waals surface area contributed by atoms with Crippen LogP contribution in [0.25, 0.3) is 0 Å². The normalized spacial score (nSPS) is 14.7. The quantitative estimate of drug-likeness (QED) is 0.614. The van der Waals surface area contributed by atoms with E-state index < -0.39 is 0 Å². The Kier molecular flexibility index (Phi) is 5.95. The van der Waals surface area contributed by atoms with Crippen molar-refractivity contribution in [1.82, 2.24) is 9.80 Å². The van der Waals surface area contributed by atoms with Gasteiger partial charge in [-0.15, -0.1) is 0 Å². The van der Waals surface area contributed by atoms with Gasteiger partial charge in [0.2, 0.25) is 0 Å². The van der Waals surface area contributed by atoms with Crippen molar-refractivity contribution < 1.29 is 19.0 Å². The Morgan fingerprint density at radius 2 is 1.65 bits per heavy atom. The van der Waals surface area contributed by atoms with Gasteiger partial charge in [0, 0.05) is 44.0 Å². The highest BCUT2D eigenvalue weighted by atomic mass is 16.5. The maximum atomic E-state index is 12.8. The lowest BCUT2D eigenvalue weighted by Crippen LogP contribution is -2.51. The van der Waals surface area contributed by atoms with Gasteiger partial charge in [-0.1, -0.05) is 18.2 Å². The number of urea groups is 1. The number of para-hydroxylation sites is 2. The van der Waals surface area contributed by atoms with Crippen LogP contribution in [0.2, 0.25) is 0 Å². The van der Waals surface area contributed by atoms with Gasteiger partial charge in [-0.25, -0.2) is 9.79 Å². The van der Waals surface area contributed by atoms with Gasteiger partial charge >= 0.3 is 6.03 Å². The van der Waals surface area contributed by atoms with Gasteiger partial charge in [0.05, 0.1) is 19.8 Å². The van der Waals surface area contributed by atoms with Crippen LogP contribution < -0.4 is 19.5 Å². The lowest BCUT2D eigenvalue weighted by molar-refractivity contribution is 0.181. The van der Waals surface area contributed by atoms with E-state index in [0.29, 0.717) is 49.1 Å². The van der Waals surface area contributed by atoms with Gasteiger partial charge in [-0.2, -0.15) is 0 Å². The fourth-order valence-corrected chi connectivity index (χ4v) is 4.09. The molecule has 2 amide bonds. The SMILES string of the molecule is COc1cccc(NC(=O)N2CCN(C3=Nc4ccccc4Oc4cc(OC)ccc43)CC2)c1. The van der Waals surface area contributed by atoms with Crippen molar-refractivity contribution in [3.8, 4) is 23.0 Å². The van der Waals surface area contributed by atoms with Crippen LogP contribution in [0.4, 0.5) is 16.2 Å². The molecule has 0 bridgehead atoms. The summed E-state index contributed by atoms with van der Waals surface area (Å²) in [6, 6.07) is 20.7. The monoisotopic (exact) mass is 458 g/mol. The number of nitrogens with zero attached hydrogens (tertiary/aromatic N) is 3. The minimum Gasteiger partial charge on any atom is -0.497 e. The van der Waals surface area contributed by atoms with Crippen LogP contribution in [-0.4, -0.2) is 62.1 Å². The zero-order valence-electron chi connectivity index (χ0n) is 19.2. The van der Waals surface area contributed by atoms with E-state index in [-0.39, 0.29) is 6.03 Å². The standard InChI is InChI=1S/C26H26N4O4/c1-32-19-7-5-6-18(16-19)27-26(31)30-14-12-29(13-15-30)25-21-11-10-20(33-2)17-24(21)34-23-9-4-3-8-22(23)28-25/h3-11,16-17H,12-15H2,1-2H3,(H,27,31). The topological polar surface area (TPSA) is 75.6 Å². The van der Waals surface area contributed by atoms with Gasteiger partial charge in [0.1, 0.15) is 28.8 Å². The Morgan fingerprint density at radius 1 is 0.882 bits per heavy atom. The molecule has 2 aliphatic heterocycles. The minimum absolute atomic E-state index is 0.130. The Bertz CT molecular complexity index is 1230. The fraction of sp³-hybridized carbons (Fsp3) is 0.231. The Balaban J connectivity index is 1.34. The van der Waals surface area contributed by atoms with Gasteiger partial charge in [-0.05, 0) is 36.4 Å². The van der Waals surface area contributed by atoms with Gasteiger partial charge in [0.25, 0.3) is 0 Å². The largest absolute Gasteiger partial charge is 0.497 e. The van der Waals surface area contributed by atoms with Gasteiger partial charge < -0.3 is 29.3 Å². The smallest absolute Gasteiger partial charge is 0.321 e. The van der Waals surface area contributed by atoms with Crippen molar-refractivity contribution in [2.24, 2.45) is 4.99 Å². The number of aliphatic imine (C=N–C) groups is 1. The molecule has 0 aromatic heterocycles. The number of nitrogens with one attached hydrogen (secondary N) is 1. The molecule has 0 radical (unpaired) electrons. The van der Waals surface area contributed by atoms with Crippen molar-refractivity contribution >= 4 is 23.2 Å². The number of hydrogen-bond acceptors (Lipinski definition) is 6. The van der Waals surface area contributed by atoms with Gasteiger partial charge in [-0.3, -0.25) is 0 Å². The maximum absolute atomic E-state index is 12.8. The average molecular weight is 459 g/mol. The highest BCUT2D eigenvalue weighted by Crippen LogP contribution is 2.39. The number of fused-ring (bicyclic) bond motifs is 2. The average Bonchev–Trinajstić information content (AvgIpc) is 3.05. The molecule has 0 saturated carbocycles. The molecule has 2 aliphatic rings. The minimum atomic E-state index is -0.130. The summed E-state index contributed by atoms with van der Waals surface area (Å²) in [4.78, 5) is 21.8. The lowest BCUT2D eigenvalue weighted by Gasteiger charge is -2.36. The maximum Gasteiger partial charge on any atom is 0.321 e. The number of carbonyl (C=O) groups is 1. The molecule has 174 valence electrons. The van der Waals surface area contributed by atoms with Crippen molar-refractivity contribution in [1.29, 1.82) is 0 Å². The van der Waals surface area contributed by atoms with E-state index in [4.69, 9.17) is 19.2 Å². The molecule has 8 nitrogen and oxygen atoms in total. The second kappa shape index (κ2) is 9.35. The number of rotatable bonds is 3. The number of amidine groups is 1. The fourth-order valence-electron chi connectivity index (χ4n) is 4.09. The molecule has 0 unspecified atom stereocenters. The Morgan fingerprint density at radius 3 is 2.44 bits per heavy atom. The van der Waals surface area contributed by atoms with Crippen LogP contribution in [0, 0.1) is 0 Å². The third-order valence-corrected chi connectivity index (χ3v) is 5.93. The van der Waals surface area contributed by atoms with Crippen molar-refractivity contribution in [2.75, 3.05) is 45.7 Å². The molecule has 5 rings (SSSR count). The molecular formula is C26H26N4O4. The summed E-state index contributed by atoms with van der Waals surface area (Å²) in [5.74, 6) is 3.64. The zero-order valence-corrected chi connectivity index (χ0v) is 19.2. The summed E-state index contributed by atoms with van der Waals surface area (Å²) in [5.41, 5.74) is 2.37. The number of hydrogen-bond donors (Lipinski definition) is 1. The Hall–Kier alpha value is -4.20. The highest BCUT2D eigenvalue weighted by Gasteiger charge is 2.28. The van der Waals surface area contributed by atoms with E-state index in [2.05, 4.69) is 10.2 Å². The number of piperazine rings is 1. The van der Waals surface area contributed by atoms with E-state index in [1.807, 2.05) is 65.6 Å². The molecule has 2 heterocycles.